The molecule has 2 aromatic carbocycles. The second-order valence-electron chi connectivity index (χ2n) is 7.98. The number of aryl methyl sites for hydroxylation is 1. The minimum absolute atomic E-state index is 0.408. The Bertz CT molecular complexity index is 1020. The molecule has 2 N–H and O–H groups in total. The quantitative estimate of drug-likeness (QED) is 0.547. The van der Waals surface area contributed by atoms with Gasteiger partial charge in [-0.2, -0.15) is 0 Å². The van der Waals surface area contributed by atoms with E-state index < -0.39 is 17.4 Å². The number of aromatic amines is 1. The van der Waals surface area contributed by atoms with Gasteiger partial charge >= 0.3 is 5.76 Å². The van der Waals surface area contributed by atoms with Crippen molar-refractivity contribution in [3.8, 4) is 0 Å². The fourth-order valence-electron chi connectivity index (χ4n) is 4.30. The van der Waals surface area contributed by atoms with Crippen molar-refractivity contribution in [2.45, 2.75) is 56.9 Å². The zero-order valence-electron chi connectivity index (χ0n) is 16.3. The summed E-state index contributed by atoms with van der Waals surface area (Å²) in [5.41, 5.74) is 3.47. The first-order valence-electron chi connectivity index (χ1n) is 10.4. The standard InChI is InChI=1S/C23H26F2N2O2/c24-19-10-4-15(13-20(19)25)3-1-2-12-26-18-8-5-16(6-9-18)17-7-11-21-22(14-17)29-23(28)27-21/h4,7,10-11,13-14,16,18,26H,1-3,5-6,8-9,12H2,(H,27,28). The number of aromatic nitrogens is 1. The van der Waals surface area contributed by atoms with E-state index in [9.17, 15) is 13.6 Å². The average molecular weight is 400 g/mol. The van der Waals surface area contributed by atoms with Gasteiger partial charge in [0, 0.05) is 6.04 Å². The lowest BCUT2D eigenvalue weighted by Gasteiger charge is -2.29. The molecule has 0 unspecified atom stereocenters. The molecule has 1 aromatic heterocycles. The van der Waals surface area contributed by atoms with Crippen LogP contribution in [0.3, 0.4) is 0 Å². The van der Waals surface area contributed by atoms with Gasteiger partial charge in [0.1, 0.15) is 0 Å². The van der Waals surface area contributed by atoms with Crippen LogP contribution in [-0.4, -0.2) is 17.6 Å². The highest BCUT2D eigenvalue weighted by Gasteiger charge is 2.22. The maximum Gasteiger partial charge on any atom is 0.417 e. The van der Waals surface area contributed by atoms with E-state index in [4.69, 9.17) is 4.42 Å². The number of unbranched alkanes of at least 4 members (excludes halogenated alkanes) is 1. The van der Waals surface area contributed by atoms with Crippen LogP contribution in [-0.2, 0) is 6.42 Å². The van der Waals surface area contributed by atoms with Crippen LogP contribution in [0, 0.1) is 11.6 Å². The molecule has 6 heteroatoms. The smallest absolute Gasteiger partial charge is 0.408 e. The summed E-state index contributed by atoms with van der Waals surface area (Å²) in [6.45, 7) is 0.944. The molecular formula is C23H26F2N2O2. The van der Waals surface area contributed by atoms with Gasteiger partial charge in [0.25, 0.3) is 0 Å². The van der Waals surface area contributed by atoms with E-state index in [1.807, 2.05) is 12.1 Å². The van der Waals surface area contributed by atoms with E-state index in [1.54, 1.807) is 6.07 Å². The number of hydrogen-bond acceptors (Lipinski definition) is 3. The summed E-state index contributed by atoms with van der Waals surface area (Å²) < 4.78 is 31.3. The predicted molar refractivity (Wildman–Crippen MR) is 109 cm³/mol. The van der Waals surface area contributed by atoms with Gasteiger partial charge in [0.2, 0.25) is 0 Å². The Labute approximate surface area is 168 Å². The molecule has 3 aromatic rings. The largest absolute Gasteiger partial charge is 0.417 e. The molecule has 29 heavy (non-hydrogen) atoms. The molecule has 4 rings (SSSR count). The second kappa shape index (κ2) is 8.91. The fourth-order valence-corrected chi connectivity index (χ4v) is 4.30. The molecule has 4 nitrogen and oxygen atoms in total. The molecule has 1 saturated carbocycles. The molecule has 0 amide bonds. The molecule has 154 valence electrons. The van der Waals surface area contributed by atoms with Gasteiger partial charge in [-0.25, -0.2) is 13.6 Å². The molecule has 1 fully saturated rings. The average Bonchev–Trinajstić information content (AvgIpc) is 3.10. The van der Waals surface area contributed by atoms with E-state index in [2.05, 4.69) is 16.4 Å². The Morgan fingerprint density at radius 3 is 2.62 bits per heavy atom. The Morgan fingerprint density at radius 2 is 1.83 bits per heavy atom. The van der Waals surface area contributed by atoms with Crippen molar-refractivity contribution in [3.63, 3.8) is 0 Å². The van der Waals surface area contributed by atoms with E-state index in [-0.39, 0.29) is 0 Å². The van der Waals surface area contributed by atoms with Crippen LogP contribution in [0.1, 0.15) is 55.6 Å². The predicted octanol–water partition coefficient (Wildman–Crippen LogP) is 5.04. The molecule has 0 atom stereocenters. The third kappa shape index (κ3) is 4.93. The molecule has 0 bridgehead atoms. The number of hydrogen-bond donors (Lipinski definition) is 2. The Morgan fingerprint density at radius 1 is 1.00 bits per heavy atom. The van der Waals surface area contributed by atoms with Crippen molar-refractivity contribution >= 4 is 11.1 Å². The number of rotatable bonds is 7. The highest BCUT2D eigenvalue weighted by molar-refractivity contribution is 5.72. The number of H-pyrrole nitrogens is 1. The topological polar surface area (TPSA) is 58.0 Å². The van der Waals surface area contributed by atoms with Gasteiger partial charge in [0.05, 0.1) is 5.52 Å². The summed E-state index contributed by atoms with van der Waals surface area (Å²) in [4.78, 5) is 14.0. The van der Waals surface area contributed by atoms with Crippen molar-refractivity contribution in [2.75, 3.05) is 6.54 Å². The normalized spacial score (nSPS) is 19.7. The number of fused-ring (bicyclic) bond motifs is 1. The first-order chi connectivity index (χ1) is 14.1. The zero-order chi connectivity index (χ0) is 20.2. The van der Waals surface area contributed by atoms with Crippen molar-refractivity contribution in [2.24, 2.45) is 0 Å². The third-order valence-electron chi connectivity index (χ3n) is 5.95. The first kappa shape index (κ1) is 19.8. The Balaban J connectivity index is 1.17. The lowest BCUT2D eigenvalue weighted by atomic mass is 9.81. The van der Waals surface area contributed by atoms with Gasteiger partial charge in [-0.3, -0.25) is 4.98 Å². The van der Waals surface area contributed by atoms with Crippen LogP contribution in [0.15, 0.2) is 45.6 Å². The van der Waals surface area contributed by atoms with Crippen LogP contribution in [0.5, 0.6) is 0 Å². The molecule has 1 aliphatic rings. The van der Waals surface area contributed by atoms with Crippen LogP contribution in [0.25, 0.3) is 11.1 Å². The van der Waals surface area contributed by atoms with Crippen molar-refractivity contribution in [3.05, 3.63) is 69.7 Å². The van der Waals surface area contributed by atoms with Crippen molar-refractivity contribution in [1.29, 1.82) is 0 Å². The molecule has 1 aliphatic carbocycles. The molecule has 0 radical (unpaired) electrons. The van der Waals surface area contributed by atoms with Gasteiger partial charge < -0.3 is 9.73 Å². The summed E-state index contributed by atoms with van der Waals surface area (Å²) >= 11 is 0. The van der Waals surface area contributed by atoms with E-state index in [1.165, 1.54) is 17.7 Å². The molecular weight excluding hydrogens is 374 g/mol. The Kier molecular flexibility index (Phi) is 6.09. The molecule has 0 aliphatic heterocycles. The summed E-state index contributed by atoms with van der Waals surface area (Å²) in [6, 6.07) is 10.7. The lowest BCUT2D eigenvalue weighted by molar-refractivity contribution is 0.341. The van der Waals surface area contributed by atoms with Gasteiger partial charge in [-0.1, -0.05) is 12.1 Å². The highest BCUT2D eigenvalue weighted by atomic mass is 19.2. The summed E-state index contributed by atoms with van der Waals surface area (Å²) in [7, 11) is 0. The highest BCUT2D eigenvalue weighted by Crippen LogP contribution is 2.34. The first-order valence-corrected chi connectivity index (χ1v) is 10.4. The second-order valence-corrected chi connectivity index (χ2v) is 7.98. The van der Waals surface area contributed by atoms with E-state index in [0.29, 0.717) is 17.5 Å². The molecule has 0 saturated heterocycles. The van der Waals surface area contributed by atoms with Crippen LogP contribution in [0.2, 0.25) is 0 Å². The summed E-state index contributed by atoms with van der Waals surface area (Å²) in [5, 5.41) is 3.63. The number of oxazole rings is 1. The van der Waals surface area contributed by atoms with Crippen molar-refractivity contribution in [1.82, 2.24) is 10.3 Å². The lowest BCUT2D eigenvalue weighted by Crippen LogP contribution is -2.33. The minimum atomic E-state index is -0.788. The zero-order valence-corrected chi connectivity index (χ0v) is 16.3. The minimum Gasteiger partial charge on any atom is -0.408 e. The monoisotopic (exact) mass is 400 g/mol. The van der Waals surface area contributed by atoms with Gasteiger partial charge in [-0.15, -0.1) is 0 Å². The van der Waals surface area contributed by atoms with Crippen LogP contribution < -0.4 is 11.1 Å². The summed E-state index contributed by atoms with van der Waals surface area (Å²) in [5.74, 6) is -1.46. The number of nitrogens with one attached hydrogen (secondary N) is 2. The fraction of sp³-hybridized carbons (Fsp3) is 0.435. The third-order valence-corrected chi connectivity index (χ3v) is 5.95. The van der Waals surface area contributed by atoms with Gasteiger partial charge in [0.15, 0.2) is 17.2 Å². The summed E-state index contributed by atoms with van der Waals surface area (Å²) in [6.07, 6.45) is 7.23. The van der Waals surface area contributed by atoms with Crippen molar-refractivity contribution < 1.29 is 13.2 Å². The number of benzene rings is 2. The maximum atomic E-state index is 13.2. The van der Waals surface area contributed by atoms with Crippen LogP contribution >= 0.6 is 0 Å². The molecule has 0 spiro atoms. The van der Waals surface area contributed by atoms with Crippen LogP contribution in [0.4, 0.5) is 8.78 Å². The Hall–Kier alpha value is -2.47. The maximum absolute atomic E-state index is 13.2. The van der Waals surface area contributed by atoms with Gasteiger partial charge in [-0.05, 0) is 92.8 Å². The van der Waals surface area contributed by atoms with E-state index in [0.717, 1.165) is 62.6 Å². The SMILES string of the molecule is O=c1[nH]c2ccc(C3CCC(NCCCCc4ccc(F)c(F)c4)CC3)cc2o1. The number of halogens is 2. The van der Waals surface area contributed by atoms with E-state index >= 15 is 0 Å². The molecule has 1 heterocycles.